The highest BCUT2D eigenvalue weighted by atomic mass is 16.5. The maximum atomic E-state index is 9.24. The SMILES string of the molecule is OCC1CCCN1CCCCC1CCOCC1. The fourth-order valence-corrected chi connectivity index (χ4v) is 3.18. The number of nitrogens with zero attached hydrogens (tertiary/aromatic N) is 1. The zero-order valence-electron chi connectivity index (χ0n) is 10.9. The Morgan fingerprint density at radius 2 is 1.94 bits per heavy atom. The first-order valence-corrected chi connectivity index (χ1v) is 7.33. The smallest absolute Gasteiger partial charge is 0.0586 e. The largest absolute Gasteiger partial charge is 0.395 e. The molecule has 0 radical (unpaired) electrons. The molecule has 0 aliphatic carbocycles. The van der Waals surface area contributed by atoms with Crippen molar-refractivity contribution in [3.63, 3.8) is 0 Å². The Labute approximate surface area is 105 Å². The van der Waals surface area contributed by atoms with E-state index in [2.05, 4.69) is 4.90 Å². The highest BCUT2D eigenvalue weighted by molar-refractivity contribution is 4.78. The van der Waals surface area contributed by atoms with E-state index in [9.17, 15) is 5.11 Å². The van der Waals surface area contributed by atoms with Gasteiger partial charge in [-0.05, 0) is 51.1 Å². The van der Waals surface area contributed by atoms with E-state index in [1.165, 1.54) is 58.0 Å². The second-order valence-electron chi connectivity index (χ2n) is 5.57. The van der Waals surface area contributed by atoms with Gasteiger partial charge >= 0.3 is 0 Å². The third-order valence-corrected chi connectivity index (χ3v) is 4.36. The Balaban J connectivity index is 1.53. The molecule has 0 aromatic rings. The van der Waals surface area contributed by atoms with Gasteiger partial charge in [-0.2, -0.15) is 0 Å². The summed E-state index contributed by atoms with van der Waals surface area (Å²) in [6, 6.07) is 0.457. The van der Waals surface area contributed by atoms with Crippen molar-refractivity contribution in [2.45, 2.75) is 51.0 Å². The standard InChI is InChI=1S/C14H27NO2/c16-12-14-5-3-9-15(14)8-2-1-4-13-6-10-17-11-7-13/h13-14,16H,1-12H2. The number of aliphatic hydroxyl groups excluding tert-OH is 1. The van der Waals surface area contributed by atoms with Crippen LogP contribution in [-0.2, 0) is 4.74 Å². The lowest BCUT2D eigenvalue weighted by Crippen LogP contribution is -2.33. The van der Waals surface area contributed by atoms with E-state index in [-0.39, 0.29) is 0 Å². The predicted octanol–water partition coefficient (Wildman–Crippen LogP) is 2.04. The lowest BCUT2D eigenvalue weighted by atomic mass is 9.94. The first-order valence-electron chi connectivity index (χ1n) is 7.33. The van der Waals surface area contributed by atoms with Crippen LogP contribution >= 0.6 is 0 Å². The molecule has 2 aliphatic rings. The van der Waals surface area contributed by atoms with Crippen molar-refractivity contribution in [1.82, 2.24) is 4.90 Å². The topological polar surface area (TPSA) is 32.7 Å². The summed E-state index contributed by atoms with van der Waals surface area (Å²) in [6.07, 6.45) is 9.02. The van der Waals surface area contributed by atoms with Crippen molar-refractivity contribution >= 4 is 0 Å². The minimum Gasteiger partial charge on any atom is -0.395 e. The van der Waals surface area contributed by atoms with Crippen molar-refractivity contribution in [2.75, 3.05) is 32.9 Å². The predicted molar refractivity (Wildman–Crippen MR) is 69.1 cm³/mol. The van der Waals surface area contributed by atoms with Crippen LogP contribution in [0.1, 0.15) is 44.9 Å². The molecule has 3 heteroatoms. The quantitative estimate of drug-likeness (QED) is 0.722. The van der Waals surface area contributed by atoms with Gasteiger partial charge in [0, 0.05) is 19.3 Å². The lowest BCUT2D eigenvalue weighted by Gasteiger charge is -2.24. The fraction of sp³-hybridized carbons (Fsp3) is 1.00. The average Bonchev–Trinajstić information content (AvgIpc) is 2.83. The molecule has 2 rings (SSSR count). The van der Waals surface area contributed by atoms with Crippen LogP contribution in [-0.4, -0.2) is 49.0 Å². The second-order valence-corrected chi connectivity index (χ2v) is 5.57. The Morgan fingerprint density at radius 1 is 1.12 bits per heavy atom. The monoisotopic (exact) mass is 241 g/mol. The maximum Gasteiger partial charge on any atom is 0.0586 e. The molecule has 100 valence electrons. The molecular weight excluding hydrogens is 214 g/mol. The molecule has 1 unspecified atom stereocenters. The minimum absolute atomic E-state index is 0.347. The molecule has 2 heterocycles. The summed E-state index contributed by atoms with van der Waals surface area (Å²) in [5, 5.41) is 9.24. The maximum absolute atomic E-state index is 9.24. The third kappa shape index (κ3) is 4.23. The van der Waals surface area contributed by atoms with Crippen LogP contribution < -0.4 is 0 Å². The molecule has 1 N–H and O–H groups in total. The van der Waals surface area contributed by atoms with Gasteiger partial charge in [-0.15, -0.1) is 0 Å². The van der Waals surface area contributed by atoms with E-state index in [0.717, 1.165) is 19.1 Å². The molecule has 0 amide bonds. The highest BCUT2D eigenvalue weighted by Crippen LogP contribution is 2.22. The Kier molecular flexibility index (Phi) is 5.75. The van der Waals surface area contributed by atoms with Crippen molar-refractivity contribution in [1.29, 1.82) is 0 Å². The van der Waals surface area contributed by atoms with Crippen molar-refractivity contribution in [3.05, 3.63) is 0 Å². The molecule has 2 fully saturated rings. The zero-order valence-corrected chi connectivity index (χ0v) is 10.9. The van der Waals surface area contributed by atoms with Gasteiger partial charge in [0.05, 0.1) is 6.61 Å². The minimum atomic E-state index is 0.347. The fourth-order valence-electron chi connectivity index (χ4n) is 3.18. The van der Waals surface area contributed by atoms with E-state index < -0.39 is 0 Å². The number of ether oxygens (including phenoxy) is 1. The number of unbranched alkanes of at least 4 members (excludes halogenated alkanes) is 1. The van der Waals surface area contributed by atoms with E-state index in [1.54, 1.807) is 0 Å². The van der Waals surface area contributed by atoms with Gasteiger partial charge in [0.1, 0.15) is 0 Å². The van der Waals surface area contributed by atoms with Crippen LogP contribution in [0.3, 0.4) is 0 Å². The van der Waals surface area contributed by atoms with Crippen molar-refractivity contribution < 1.29 is 9.84 Å². The summed E-state index contributed by atoms with van der Waals surface area (Å²) in [5.74, 6) is 0.913. The molecule has 1 atom stereocenters. The van der Waals surface area contributed by atoms with Gasteiger partial charge < -0.3 is 9.84 Å². The summed E-state index contributed by atoms with van der Waals surface area (Å²) in [7, 11) is 0. The van der Waals surface area contributed by atoms with Crippen molar-refractivity contribution in [2.24, 2.45) is 5.92 Å². The molecular formula is C14H27NO2. The van der Waals surface area contributed by atoms with E-state index in [4.69, 9.17) is 4.74 Å². The third-order valence-electron chi connectivity index (χ3n) is 4.36. The Bertz CT molecular complexity index is 204. The highest BCUT2D eigenvalue weighted by Gasteiger charge is 2.22. The van der Waals surface area contributed by atoms with Crippen LogP contribution in [0.2, 0.25) is 0 Å². The first-order chi connectivity index (χ1) is 8.40. The molecule has 0 saturated carbocycles. The normalized spacial score (nSPS) is 27.7. The first kappa shape index (κ1) is 13.3. The number of hydrogen-bond acceptors (Lipinski definition) is 3. The van der Waals surface area contributed by atoms with Crippen LogP contribution in [0.25, 0.3) is 0 Å². The van der Waals surface area contributed by atoms with Crippen LogP contribution in [0.5, 0.6) is 0 Å². The Hall–Kier alpha value is -0.120. The van der Waals surface area contributed by atoms with Gasteiger partial charge in [0.2, 0.25) is 0 Å². The van der Waals surface area contributed by atoms with Crippen LogP contribution in [0, 0.1) is 5.92 Å². The molecule has 2 aliphatic heterocycles. The lowest BCUT2D eigenvalue weighted by molar-refractivity contribution is 0.0627. The number of rotatable bonds is 6. The number of hydrogen-bond donors (Lipinski definition) is 1. The summed E-state index contributed by atoms with van der Waals surface area (Å²) < 4.78 is 5.38. The van der Waals surface area contributed by atoms with Gasteiger partial charge in [-0.1, -0.05) is 12.8 Å². The summed E-state index contributed by atoms with van der Waals surface area (Å²) in [6.45, 7) is 4.68. The summed E-state index contributed by atoms with van der Waals surface area (Å²) >= 11 is 0. The van der Waals surface area contributed by atoms with Gasteiger partial charge in [-0.3, -0.25) is 4.90 Å². The number of likely N-dealkylation sites (tertiary alicyclic amines) is 1. The molecule has 0 aromatic carbocycles. The van der Waals surface area contributed by atoms with E-state index in [1.807, 2.05) is 0 Å². The van der Waals surface area contributed by atoms with Crippen LogP contribution in [0.15, 0.2) is 0 Å². The van der Waals surface area contributed by atoms with Gasteiger partial charge in [0.25, 0.3) is 0 Å². The number of aliphatic hydroxyl groups is 1. The molecule has 0 bridgehead atoms. The van der Waals surface area contributed by atoms with Crippen molar-refractivity contribution in [3.8, 4) is 0 Å². The van der Waals surface area contributed by atoms with E-state index in [0.29, 0.717) is 12.6 Å². The van der Waals surface area contributed by atoms with E-state index >= 15 is 0 Å². The average molecular weight is 241 g/mol. The molecule has 3 nitrogen and oxygen atoms in total. The second kappa shape index (κ2) is 7.34. The Morgan fingerprint density at radius 3 is 2.71 bits per heavy atom. The van der Waals surface area contributed by atoms with Gasteiger partial charge in [0.15, 0.2) is 0 Å². The molecule has 17 heavy (non-hydrogen) atoms. The molecule has 0 aromatic heterocycles. The van der Waals surface area contributed by atoms with Crippen LogP contribution in [0.4, 0.5) is 0 Å². The summed E-state index contributed by atoms with van der Waals surface area (Å²) in [4.78, 5) is 2.48. The zero-order chi connectivity index (χ0) is 11.9. The summed E-state index contributed by atoms with van der Waals surface area (Å²) in [5.41, 5.74) is 0. The molecule has 0 spiro atoms. The molecule has 2 saturated heterocycles. The van der Waals surface area contributed by atoms with Gasteiger partial charge in [-0.25, -0.2) is 0 Å².